The van der Waals surface area contributed by atoms with Gasteiger partial charge in [0.15, 0.2) is 9.84 Å². The highest BCUT2D eigenvalue weighted by Gasteiger charge is 2.24. The minimum atomic E-state index is -3.44. The van der Waals surface area contributed by atoms with E-state index in [0.717, 1.165) is 44.3 Å². The second-order valence-corrected chi connectivity index (χ2v) is 10.9. The number of nitrogens with one attached hydrogen (secondary N) is 1. The van der Waals surface area contributed by atoms with Gasteiger partial charge in [-0.3, -0.25) is 9.69 Å². The number of amides is 1. The molecule has 31 heavy (non-hydrogen) atoms. The maximum atomic E-state index is 12.7. The van der Waals surface area contributed by atoms with E-state index in [9.17, 15) is 13.2 Å². The van der Waals surface area contributed by atoms with Crippen molar-refractivity contribution in [1.82, 2.24) is 10.2 Å². The number of sulfone groups is 1. The Morgan fingerprint density at radius 2 is 1.81 bits per heavy atom. The lowest BCUT2D eigenvalue weighted by atomic mass is 10.0. The van der Waals surface area contributed by atoms with Crippen molar-refractivity contribution in [2.45, 2.75) is 62.4 Å². The zero-order chi connectivity index (χ0) is 21.7. The maximum Gasteiger partial charge on any atom is 0.221 e. The molecule has 1 heterocycles. The molecule has 6 heteroatoms. The zero-order valence-electron chi connectivity index (χ0n) is 18.1. The number of aryl methyl sites for hydroxylation is 2. The van der Waals surface area contributed by atoms with Crippen molar-refractivity contribution in [3.8, 4) is 0 Å². The fourth-order valence-corrected chi connectivity index (χ4v) is 6.01. The van der Waals surface area contributed by atoms with Gasteiger partial charge in [0.05, 0.1) is 10.6 Å². The van der Waals surface area contributed by atoms with Gasteiger partial charge < -0.3 is 5.32 Å². The Morgan fingerprint density at radius 3 is 2.65 bits per heavy atom. The van der Waals surface area contributed by atoms with E-state index in [2.05, 4.69) is 34.5 Å². The van der Waals surface area contributed by atoms with Crippen LogP contribution in [0, 0.1) is 0 Å². The van der Waals surface area contributed by atoms with Gasteiger partial charge in [-0.1, -0.05) is 42.8 Å². The Morgan fingerprint density at radius 1 is 1.00 bits per heavy atom. The van der Waals surface area contributed by atoms with Crippen LogP contribution in [0.15, 0.2) is 53.4 Å². The summed E-state index contributed by atoms with van der Waals surface area (Å²) in [6.07, 6.45) is 6.46. The first-order valence-electron chi connectivity index (χ1n) is 11.4. The number of benzene rings is 2. The largest absolute Gasteiger partial charge is 0.355 e. The molecular formula is C25H32N2O3S. The number of rotatable bonds is 8. The van der Waals surface area contributed by atoms with E-state index < -0.39 is 9.84 Å². The summed E-state index contributed by atoms with van der Waals surface area (Å²) in [5.41, 5.74) is 3.67. The quantitative estimate of drug-likeness (QED) is 0.682. The highest BCUT2D eigenvalue weighted by Crippen LogP contribution is 2.25. The van der Waals surface area contributed by atoms with Gasteiger partial charge >= 0.3 is 0 Å². The lowest BCUT2D eigenvalue weighted by molar-refractivity contribution is -0.121. The highest BCUT2D eigenvalue weighted by atomic mass is 32.2. The third-order valence-corrected chi connectivity index (χ3v) is 8.25. The van der Waals surface area contributed by atoms with Crippen LogP contribution >= 0.6 is 0 Å². The molecule has 1 unspecified atom stereocenters. The lowest BCUT2D eigenvalue weighted by Crippen LogP contribution is -2.46. The predicted molar refractivity (Wildman–Crippen MR) is 123 cm³/mol. The van der Waals surface area contributed by atoms with Crippen molar-refractivity contribution in [3.05, 3.63) is 65.2 Å². The molecule has 1 saturated heterocycles. The first kappa shape index (κ1) is 22.0. The molecule has 2 aliphatic rings. The number of fused-ring (bicyclic) bond motifs is 1. The summed E-state index contributed by atoms with van der Waals surface area (Å²) < 4.78 is 25.4. The summed E-state index contributed by atoms with van der Waals surface area (Å²) in [5.74, 6) is -0.328. The number of carbonyl (C=O) groups excluding carboxylic acids is 1. The number of hydrogen-bond acceptors (Lipinski definition) is 4. The van der Waals surface area contributed by atoms with Crippen LogP contribution in [-0.2, 0) is 34.0 Å². The molecular weight excluding hydrogens is 408 g/mol. The Bertz CT molecular complexity index is 1000. The summed E-state index contributed by atoms with van der Waals surface area (Å²) in [6.45, 7) is 2.49. The molecule has 166 valence electrons. The molecule has 1 fully saturated rings. The van der Waals surface area contributed by atoms with Crippen molar-refractivity contribution in [3.63, 3.8) is 0 Å². The number of likely N-dealkylation sites (tertiary alicyclic amines) is 1. The minimum absolute atomic E-state index is 0.00479. The predicted octanol–water partition coefficient (Wildman–Crippen LogP) is 3.51. The van der Waals surface area contributed by atoms with Crippen LogP contribution in [0.5, 0.6) is 0 Å². The normalized spacial score (nSPS) is 19.2. The summed E-state index contributed by atoms with van der Waals surface area (Å²) in [5, 5.41) is 2.99. The highest BCUT2D eigenvalue weighted by molar-refractivity contribution is 7.91. The van der Waals surface area contributed by atoms with Crippen LogP contribution in [0.1, 0.15) is 48.8 Å². The smallest absolute Gasteiger partial charge is 0.221 e. The van der Waals surface area contributed by atoms with Gasteiger partial charge in [0.25, 0.3) is 0 Å². The van der Waals surface area contributed by atoms with Crippen molar-refractivity contribution < 1.29 is 13.2 Å². The molecule has 1 N–H and O–H groups in total. The third kappa shape index (κ3) is 5.74. The Labute approximate surface area is 185 Å². The molecule has 1 aliphatic carbocycles. The van der Waals surface area contributed by atoms with Gasteiger partial charge in [0.1, 0.15) is 0 Å². The molecule has 5 nitrogen and oxygen atoms in total. The summed E-state index contributed by atoms with van der Waals surface area (Å²) in [7, 11) is -3.44. The van der Waals surface area contributed by atoms with Crippen LogP contribution in [0.4, 0.5) is 0 Å². The Hall–Kier alpha value is -2.18. The third-order valence-electron chi connectivity index (χ3n) is 6.54. The number of carbonyl (C=O) groups is 1. The van der Waals surface area contributed by atoms with E-state index in [1.165, 1.54) is 24.0 Å². The van der Waals surface area contributed by atoms with Gasteiger partial charge in [0.2, 0.25) is 5.91 Å². The summed E-state index contributed by atoms with van der Waals surface area (Å²) in [4.78, 5) is 15.2. The standard InChI is InChI=1S/C25H32N2O3S/c28-25(14-16-31(29,30)24-13-12-21-9-6-10-22(21)17-24)26-18-23-11-4-5-15-27(23)19-20-7-2-1-3-8-20/h1-3,7-8,12-13,17,23H,4-6,9-11,14-16,18-19H2,(H,26,28). The molecule has 4 rings (SSSR count). The van der Waals surface area contributed by atoms with Crippen LogP contribution in [-0.4, -0.2) is 44.1 Å². The molecule has 0 bridgehead atoms. The van der Waals surface area contributed by atoms with Crippen molar-refractivity contribution in [2.24, 2.45) is 0 Å². The molecule has 1 amide bonds. The summed E-state index contributed by atoms with van der Waals surface area (Å²) >= 11 is 0. The molecule has 1 aliphatic heterocycles. The first-order chi connectivity index (χ1) is 15.0. The average molecular weight is 441 g/mol. The molecule has 0 saturated carbocycles. The second kappa shape index (κ2) is 9.96. The van der Waals surface area contributed by atoms with E-state index in [1.807, 2.05) is 12.1 Å². The fraction of sp³-hybridized carbons (Fsp3) is 0.480. The maximum absolute atomic E-state index is 12.7. The minimum Gasteiger partial charge on any atom is -0.355 e. The van der Waals surface area contributed by atoms with Gasteiger partial charge in [-0.25, -0.2) is 8.42 Å². The molecule has 0 spiro atoms. The molecule has 1 atom stereocenters. The van der Waals surface area contributed by atoms with Gasteiger partial charge in [-0.15, -0.1) is 0 Å². The molecule has 2 aromatic rings. The van der Waals surface area contributed by atoms with Crippen LogP contribution in [0.2, 0.25) is 0 Å². The monoisotopic (exact) mass is 440 g/mol. The molecule has 2 aromatic carbocycles. The average Bonchev–Trinajstić information content (AvgIpc) is 3.26. The number of piperidine rings is 1. The molecule has 0 aromatic heterocycles. The van der Waals surface area contributed by atoms with Crippen LogP contribution in [0.3, 0.4) is 0 Å². The topological polar surface area (TPSA) is 66.5 Å². The van der Waals surface area contributed by atoms with Crippen molar-refractivity contribution >= 4 is 15.7 Å². The SMILES string of the molecule is O=C(CCS(=O)(=O)c1ccc2c(c1)CCC2)NCC1CCCCN1Cc1ccccc1. The Kier molecular flexibility index (Phi) is 7.08. The van der Waals surface area contributed by atoms with E-state index in [0.29, 0.717) is 17.5 Å². The number of nitrogens with zero attached hydrogens (tertiary/aromatic N) is 1. The zero-order valence-corrected chi connectivity index (χ0v) is 18.9. The fourth-order valence-electron chi connectivity index (χ4n) is 4.72. The van der Waals surface area contributed by atoms with E-state index in [1.54, 1.807) is 12.1 Å². The van der Waals surface area contributed by atoms with E-state index in [4.69, 9.17) is 0 Å². The van der Waals surface area contributed by atoms with Crippen LogP contribution in [0.25, 0.3) is 0 Å². The first-order valence-corrected chi connectivity index (χ1v) is 13.1. The second-order valence-electron chi connectivity index (χ2n) is 8.76. The Balaban J connectivity index is 1.28. The van der Waals surface area contributed by atoms with Crippen LogP contribution < -0.4 is 5.32 Å². The molecule has 0 radical (unpaired) electrons. The van der Waals surface area contributed by atoms with Gasteiger partial charge in [-0.2, -0.15) is 0 Å². The van der Waals surface area contributed by atoms with Gasteiger partial charge in [-0.05, 0) is 67.5 Å². The lowest BCUT2D eigenvalue weighted by Gasteiger charge is -2.36. The summed E-state index contributed by atoms with van der Waals surface area (Å²) in [6, 6.07) is 16.1. The van der Waals surface area contributed by atoms with Crippen molar-refractivity contribution in [1.29, 1.82) is 0 Å². The van der Waals surface area contributed by atoms with E-state index >= 15 is 0 Å². The van der Waals surface area contributed by atoms with E-state index in [-0.39, 0.29) is 18.1 Å². The van der Waals surface area contributed by atoms with Gasteiger partial charge in [0, 0.05) is 25.6 Å². The van der Waals surface area contributed by atoms with Crippen molar-refractivity contribution in [2.75, 3.05) is 18.8 Å². The number of hydrogen-bond donors (Lipinski definition) is 1.